The molecule has 2 aliphatic rings. The second-order valence-corrected chi connectivity index (χ2v) is 8.28. The second-order valence-electron chi connectivity index (χ2n) is 8.28. The van der Waals surface area contributed by atoms with Gasteiger partial charge >= 0.3 is 0 Å². The Hall–Kier alpha value is -0.0800. The molecule has 4 atom stereocenters. The molecule has 0 amide bonds. The number of hydrogen-bond acceptors (Lipinski definition) is 2. The van der Waals surface area contributed by atoms with Crippen molar-refractivity contribution in [3.8, 4) is 0 Å². The van der Waals surface area contributed by atoms with Crippen LogP contribution in [0.15, 0.2) is 0 Å². The maximum absolute atomic E-state index is 3.90. The highest BCUT2D eigenvalue weighted by Gasteiger charge is 2.25. The van der Waals surface area contributed by atoms with Crippen molar-refractivity contribution in [1.29, 1.82) is 0 Å². The molecule has 2 nitrogen and oxygen atoms in total. The van der Waals surface area contributed by atoms with Gasteiger partial charge in [0.1, 0.15) is 0 Å². The molecule has 0 heterocycles. The van der Waals surface area contributed by atoms with Crippen LogP contribution in [0, 0.1) is 11.8 Å². The van der Waals surface area contributed by atoms with Crippen LogP contribution in [0.3, 0.4) is 0 Å². The van der Waals surface area contributed by atoms with E-state index < -0.39 is 0 Å². The van der Waals surface area contributed by atoms with Crippen LogP contribution in [0.1, 0.15) is 91.9 Å². The Morgan fingerprint density at radius 2 is 0.864 bits per heavy atom. The van der Waals surface area contributed by atoms with Crippen LogP contribution in [0.25, 0.3) is 0 Å². The molecule has 2 N–H and O–H groups in total. The fraction of sp³-hybridized carbons (Fsp3) is 1.00. The lowest BCUT2D eigenvalue weighted by Crippen LogP contribution is -2.52. The van der Waals surface area contributed by atoms with Gasteiger partial charge in [-0.2, -0.15) is 0 Å². The van der Waals surface area contributed by atoms with Crippen molar-refractivity contribution in [1.82, 2.24) is 10.6 Å². The van der Waals surface area contributed by atoms with E-state index in [1.54, 1.807) is 0 Å². The summed E-state index contributed by atoms with van der Waals surface area (Å²) in [7, 11) is 0. The average molecular weight is 309 g/mol. The van der Waals surface area contributed by atoms with Gasteiger partial charge in [0, 0.05) is 24.2 Å². The molecular weight excluding hydrogens is 268 g/mol. The number of hydrogen-bond donors (Lipinski definition) is 2. The topological polar surface area (TPSA) is 24.1 Å². The molecule has 2 rings (SSSR count). The van der Waals surface area contributed by atoms with E-state index in [-0.39, 0.29) is 0 Å². The molecule has 4 unspecified atom stereocenters. The fourth-order valence-electron chi connectivity index (χ4n) is 4.66. The summed E-state index contributed by atoms with van der Waals surface area (Å²) < 4.78 is 0. The van der Waals surface area contributed by atoms with Gasteiger partial charge in [0.05, 0.1) is 0 Å². The van der Waals surface area contributed by atoms with Crippen molar-refractivity contribution in [3.05, 3.63) is 0 Å². The number of nitrogens with one attached hydrogen (secondary N) is 2. The van der Waals surface area contributed by atoms with Crippen molar-refractivity contribution in [2.45, 2.75) is 116 Å². The summed E-state index contributed by atoms with van der Waals surface area (Å²) in [5.41, 5.74) is 0. The van der Waals surface area contributed by atoms with E-state index >= 15 is 0 Å². The van der Waals surface area contributed by atoms with Gasteiger partial charge in [0.15, 0.2) is 0 Å². The third kappa shape index (κ3) is 5.53. The lowest BCUT2D eigenvalue weighted by atomic mass is 9.83. The summed E-state index contributed by atoms with van der Waals surface area (Å²) in [4.78, 5) is 0. The zero-order valence-electron chi connectivity index (χ0n) is 15.5. The predicted molar refractivity (Wildman–Crippen MR) is 97.3 cm³/mol. The Morgan fingerprint density at radius 1 is 0.545 bits per heavy atom. The lowest BCUT2D eigenvalue weighted by Gasteiger charge is -2.36. The van der Waals surface area contributed by atoms with E-state index in [9.17, 15) is 0 Å². The van der Waals surface area contributed by atoms with Crippen LogP contribution in [0.5, 0.6) is 0 Å². The van der Waals surface area contributed by atoms with Gasteiger partial charge < -0.3 is 10.6 Å². The standard InChI is InChI=1S/C20H40N2/c1-15(21-17(3)19-11-7-5-8-12-19)16(2)22-18(4)20-13-9-6-10-14-20/h15-22H,5-14H2,1-4H3. The number of rotatable bonds is 7. The highest BCUT2D eigenvalue weighted by Crippen LogP contribution is 2.28. The minimum Gasteiger partial charge on any atom is -0.310 e. The van der Waals surface area contributed by atoms with Gasteiger partial charge in [-0.1, -0.05) is 38.5 Å². The molecule has 2 aliphatic carbocycles. The summed E-state index contributed by atoms with van der Waals surface area (Å²) in [6.07, 6.45) is 14.4. The van der Waals surface area contributed by atoms with Crippen molar-refractivity contribution in [2.75, 3.05) is 0 Å². The SMILES string of the molecule is CC(NC(C)C(C)NC(C)C1CCCCC1)C1CCCCC1. The monoisotopic (exact) mass is 308 g/mol. The van der Waals surface area contributed by atoms with E-state index in [0.717, 1.165) is 11.8 Å². The average Bonchev–Trinajstić information content (AvgIpc) is 2.56. The van der Waals surface area contributed by atoms with Crippen LogP contribution >= 0.6 is 0 Å². The van der Waals surface area contributed by atoms with Crippen LogP contribution in [-0.2, 0) is 0 Å². The van der Waals surface area contributed by atoms with Crippen LogP contribution in [-0.4, -0.2) is 24.2 Å². The minimum atomic E-state index is 0.558. The maximum atomic E-state index is 3.90. The lowest BCUT2D eigenvalue weighted by molar-refractivity contribution is 0.226. The van der Waals surface area contributed by atoms with Gasteiger partial charge in [-0.05, 0) is 65.2 Å². The molecule has 0 spiro atoms. The highest BCUT2D eigenvalue weighted by molar-refractivity contribution is 4.85. The molecule has 2 fully saturated rings. The van der Waals surface area contributed by atoms with E-state index in [1.165, 1.54) is 64.2 Å². The van der Waals surface area contributed by atoms with E-state index in [2.05, 4.69) is 38.3 Å². The van der Waals surface area contributed by atoms with Crippen LogP contribution in [0.2, 0.25) is 0 Å². The molecular formula is C20H40N2. The molecule has 0 aliphatic heterocycles. The molecule has 0 aromatic carbocycles. The smallest absolute Gasteiger partial charge is 0.0192 e. The van der Waals surface area contributed by atoms with Crippen molar-refractivity contribution >= 4 is 0 Å². The van der Waals surface area contributed by atoms with Gasteiger partial charge in [0.2, 0.25) is 0 Å². The maximum Gasteiger partial charge on any atom is 0.0192 e. The van der Waals surface area contributed by atoms with Gasteiger partial charge in [-0.15, -0.1) is 0 Å². The van der Waals surface area contributed by atoms with E-state index in [4.69, 9.17) is 0 Å². The zero-order valence-corrected chi connectivity index (χ0v) is 15.5. The normalized spacial score (nSPS) is 27.3. The fourth-order valence-corrected chi connectivity index (χ4v) is 4.66. The Labute approximate surface area is 139 Å². The first kappa shape index (κ1) is 18.3. The van der Waals surface area contributed by atoms with Crippen molar-refractivity contribution in [3.63, 3.8) is 0 Å². The summed E-state index contributed by atoms with van der Waals surface area (Å²) in [6, 6.07) is 2.46. The second kappa shape index (κ2) is 9.27. The Kier molecular flexibility index (Phi) is 7.70. The summed E-state index contributed by atoms with van der Waals surface area (Å²) >= 11 is 0. The quantitative estimate of drug-likeness (QED) is 0.700. The Balaban J connectivity index is 1.72. The van der Waals surface area contributed by atoms with Crippen molar-refractivity contribution in [2.24, 2.45) is 11.8 Å². The first-order valence-electron chi connectivity index (χ1n) is 10.1. The molecule has 0 saturated heterocycles. The van der Waals surface area contributed by atoms with Crippen molar-refractivity contribution < 1.29 is 0 Å². The highest BCUT2D eigenvalue weighted by atomic mass is 15.0. The first-order chi connectivity index (χ1) is 10.6. The Morgan fingerprint density at radius 3 is 1.18 bits per heavy atom. The van der Waals surface area contributed by atoms with E-state index in [0.29, 0.717) is 24.2 Å². The zero-order chi connectivity index (χ0) is 15.9. The van der Waals surface area contributed by atoms with E-state index in [1.807, 2.05) is 0 Å². The largest absolute Gasteiger partial charge is 0.310 e. The molecule has 22 heavy (non-hydrogen) atoms. The molecule has 2 heteroatoms. The molecule has 0 aromatic rings. The molecule has 0 bridgehead atoms. The molecule has 2 saturated carbocycles. The summed E-state index contributed by atoms with van der Waals surface area (Å²) in [5, 5.41) is 7.79. The third-order valence-electron chi connectivity index (χ3n) is 6.52. The summed E-state index contributed by atoms with van der Waals surface area (Å²) in [6.45, 7) is 9.54. The van der Waals surface area contributed by atoms with Gasteiger partial charge in [-0.25, -0.2) is 0 Å². The molecule has 130 valence electrons. The molecule has 0 aromatic heterocycles. The van der Waals surface area contributed by atoms with Crippen LogP contribution < -0.4 is 10.6 Å². The van der Waals surface area contributed by atoms with Crippen LogP contribution in [0.4, 0.5) is 0 Å². The van der Waals surface area contributed by atoms with Gasteiger partial charge in [-0.3, -0.25) is 0 Å². The summed E-state index contributed by atoms with van der Waals surface area (Å²) in [5.74, 6) is 1.80. The first-order valence-corrected chi connectivity index (χ1v) is 10.1. The predicted octanol–water partition coefficient (Wildman–Crippen LogP) is 4.88. The Bertz CT molecular complexity index is 262. The third-order valence-corrected chi connectivity index (χ3v) is 6.52. The minimum absolute atomic E-state index is 0.558. The van der Waals surface area contributed by atoms with Gasteiger partial charge in [0.25, 0.3) is 0 Å². The molecule has 0 radical (unpaired) electrons.